The summed E-state index contributed by atoms with van der Waals surface area (Å²) < 4.78 is 25.4. The van der Waals surface area contributed by atoms with Gasteiger partial charge in [0.05, 0.1) is 0 Å². The van der Waals surface area contributed by atoms with E-state index in [1.807, 2.05) is 0 Å². The summed E-state index contributed by atoms with van der Waals surface area (Å²) in [5.41, 5.74) is 0. The molecule has 0 N–H and O–H groups in total. The molecule has 76 valence electrons. The van der Waals surface area contributed by atoms with Gasteiger partial charge in [0, 0.05) is 17.6 Å². The SMILES string of the molecule is CCC(CC1CSC1=O)C(F)(F)Cl. The van der Waals surface area contributed by atoms with Crippen LogP contribution < -0.4 is 0 Å². The van der Waals surface area contributed by atoms with E-state index in [4.69, 9.17) is 11.6 Å². The van der Waals surface area contributed by atoms with Crippen molar-refractivity contribution in [2.45, 2.75) is 25.1 Å². The van der Waals surface area contributed by atoms with Gasteiger partial charge in [-0.25, -0.2) is 0 Å². The van der Waals surface area contributed by atoms with Crippen LogP contribution in [0, 0.1) is 11.8 Å². The molecule has 0 aromatic carbocycles. The molecule has 2 unspecified atom stereocenters. The Labute approximate surface area is 85.2 Å². The fraction of sp³-hybridized carbons (Fsp3) is 0.875. The van der Waals surface area contributed by atoms with E-state index in [1.165, 1.54) is 11.8 Å². The van der Waals surface area contributed by atoms with Crippen molar-refractivity contribution < 1.29 is 13.6 Å². The van der Waals surface area contributed by atoms with E-state index in [0.29, 0.717) is 12.2 Å². The van der Waals surface area contributed by atoms with E-state index in [-0.39, 0.29) is 17.5 Å². The summed E-state index contributed by atoms with van der Waals surface area (Å²) in [7, 11) is 0. The van der Waals surface area contributed by atoms with Crippen molar-refractivity contribution in [3.63, 3.8) is 0 Å². The topological polar surface area (TPSA) is 17.1 Å². The standard InChI is InChI=1S/C8H11ClF2OS/c1-2-6(8(9,10)11)3-5-4-13-7(5)12/h5-6H,2-4H2,1H3. The zero-order chi connectivity index (χ0) is 10.1. The Balaban J connectivity index is 2.44. The fourth-order valence-corrected chi connectivity index (χ4v) is 2.32. The second kappa shape index (κ2) is 4.13. The van der Waals surface area contributed by atoms with Gasteiger partial charge < -0.3 is 0 Å². The Morgan fingerprint density at radius 3 is 2.62 bits per heavy atom. The van der Waals surface area contributed by atoms with Crippen molar-refractivity contribution in [3.05, 3.63) is 0 Å². The summed E-state index contributed by atoms with van der Waals surface area (Å²) in [6, 6.07) is 0. The summed E-state index contributed by atoms with van der Waals surface area (Å²) in [6.45, 7) is 1.66. The van der Waals surface area contributed by atoms with Gasteiger partial charge in [-0.3, -0.25) is 4.79 Å². The molecule has 0 spiro atoms. The van der Waals surface area contributed by atoms with Gasteiger partial charge in [0.1, 0.15) is 0 Å². The molecule has 0 saturated carbocycles. The highest BCUT2D eigenvalue weighted by atomic mass is 35.5. The van der Waals surface area contributed by atoms with Crippen molar-refractivity contribution in [1.82, 2.24) is 0 Å². The lowest BCUT2D eigenvalue weighted by Crippen LogP contribution is -2.32. The van der Waals surface area contributed by atoms with Crippen molar-refractivity contribution in [2.24, 2.45) is 11.8 Å². The second-order valence-corrected chi connectivity index (χ2v) is 4.74. The highest BCUT2D eigenvalue weighted by Gasteiger charge is 2.41. The molecule has 0 aromatic rings. The number of hydrogen-bond acceptors (Lipinski definition) is 2. The highest BCUT2D eigenvalue weighted by Crippen LogP contribution is 2.40. The largest absolute Gasteiger partial charge is 0.324 e. The smallest absolute Gasteiger partial charge is 0.287 e. The molecule has 1 aliphatic rings. The second-order valence-electron chi connectivity index (χ2n) is 3.21. The van der Waals surface area contributed by atoms with Crippen molar-refractivity contribution in [3.8, 4) is 0 Å². The third-order valence-corrected chi connectivity index (χ3v) is 3.78. The lowest BCUT2D eigenvalue weighted by Gasteiger charge is -2.28. The van der Waals surface area contributed by atoms with Gasteiger partial charge in [0.2, 0.25) is 0 Å². The predicted molar refractivity (Wildman–Crippen MR) is 50.2 cm³/mol. The normalized spacial score (nSPS) is 25.5. The minimum Gasteiger partial charge on any atom is -0.287 e. The zero-order valence-electron chi connectivity index (χ0n) is 7.23. The van der Waals surface area contributed by atoms with Crippen molar-refractivity contribution in [2.75, 3.05) is 5.75 Å². The zero-order valence-corrected chi connectivity index (χ0v) is 8.80. The maximum Gasteiger partial charge on any atom is 0.324 e. The molecule has 1 fully saturated rings. The van der Waals surface area contributed by atoms with Gasteiger partial charge in [0.15, 0.2) is 5.12 Å². The first-order chi connectivity index (χ1) is 5.95. The van der Waals surface area contributed by atoms with E-state index >= 15 is 0 Å². The summed E-state index contributed by atoms with van der Waals surface area (Å²) in [4.78, 5) is 10.9. The quantitative estimate of drug-likeness (QED) is 0.688. The van der Waals surface area contributed by atoms with Crippen molar-refractivity contribution >= 4 is 28.5 Å². The highest BCUT2D eigenvalue weighted by molar-refractivity contribution is 8.15. The number of carbonyl (C=O) groups is 1. The van der Waals surface area contributed by atoms with Crippen LogP contribution in [0.25, 0.3) is 0 Å². The Kier molecular flexibility index (Phi) is 3.57. The summed E-state index contributed by atoms with van der Waals surface area (Å²) in [5.74, 6) is -0.397. The molecule has 2 atom stereocenters. The van der Waals surface area contributed by atoms with Gasteiger partial charge in [-0.05, 0) is 24.4 Å². The van der Waals surface area contributed by atoms with Crippen LogP contribution in [-0.2, 0) is 4.79 Å². The molecule has 1 heterocycles. The fourth-order valence-electron chi connectivity index (χ4n) is 1.31. The summed E-state index contributed by atoms with van der Waals surface area (Å²) >= 11 is 6.13. The predicted octanol–water partition coefficient (Wildman–Crippen LogP) is 3.12. The number of carbonyl (C=O) groups excluding carboxylic acids is 1. The molecular weight excluding hydrogens is 218 g/mol. The van der Waals surface area contributed by atoms with E-state index in [2.05, 4.69) is 0 Å². The van der Waals surface area contributed by atoms with Crippen LogP contribution in [0.4, 0.5) is 8.78 Å². The Hall–Kier alpha value is 0.170. The third-order valence-electron chi connectivity index (χ3n) is 2.28. The number of alkyl halides is 3. The van der Waals surface area contributed by atoms with Crippen LogP contribution in [0.3, 0.4) is 0 Å². The van der Waals surface area contributed by atoms with E-state index in [0.717, 1.165) is 0 Å². The minimum absolute atomic E-state index is 0.0272. The molecule has 0 aliphatic carbocycles. The van der Waals surface area contributed by atoms with Gasteiger partial charge in [-0.15, -0.1) is 0 Å². The van der Waals surface area contributed by atoms with Crippen LogP contribution in [0.1, 0.15) is 19.8 Å². The maximum atomic E-state index is 12.7. The van der Waals surface area contributed by atoms with E-state index < -0.39 is 11.3 Å². The molecule has 1 saturated heterocycles. The first-order valence-corrected chi connectivity index (χ1v) is 5.54. The number of halogens is 3. The Bertz CT molecular complexity index is 205. The molecule has 5 heteroatoms. The summed E-state index contributed by atoms with van der Waals surface area (Å²) in [5, 5.41) is -3.14. The first-order valence-electron chi connectivity index (χ1n) is 4.18. The lowest BCUT2D eigenvalue weighted by atomic mass is 9.94. The average molecular weight is 229 g/mol. The molecule has 13 heavy (non-hydrogen) atoms. The van der Waals surface area contributed by atoms with Crippen LogP contribution in [-0.4, -0.2) is 16.2 Å². The van der Waals surface area contributed by atoms with Crippen molar-refractivity contribution in [1.29, 1.82) is 0 Å². The van der Waals surface area contributed by atoms with Gasteiger partial charge in [-0.1, -0.05) is 18.7 Å². The lowest BCUT2D eigenvalue weighted by molar-refractivity contribution is -0.116. The van der Waals surface area contributed by atoms with Crippen LogP contribution in [0.2, 0.25) is 0 Å². The van der Waals surface area contributed by atoms with E-state index in [9.17, 15) is 13.6 Å². The Morgan fingerprint density at radius 1 is 1.77 bits per heavy atom. The monoisotopic (exact) mass is 228 g/mol. The molecule has 0 aromatic heterocycles. The third kappa shape index (κ3) is 2.81. The molecule has 1 aliphatic heterocycles. The number of hydrogen-bond donors (Lipinski definition) is 0. The van der Waals surface area contributed by atoms with Gasteiger partial charge in [-0.2, -0.15) is 8.78 Å². The van der Waals surface area contributed by atoms with Gasteiger partial charge >= 0.3 is 5.38 Å². The molecule has 0 radical (unpaired) electrons. The van der Waals surface area contributed by atoms with Crippen LogP contribution in [0.15, 0.2) is 0 Å². The Morgan fingerprint density at radius 2 is 2.38 bits per heavy atom. The number of rotatable bonds is 4. The average Bonchev–Trinajstić information content (AvgIpc) is 2.00. The molecule has 1 rings (SSSR count). The molecule has 0 bridgehead atoms. The minimum atomic E-state index is -3.17. The summed E-state index contributed by atoms with van der Waals surface area (Å²) in [6.07, 6.45) is 0.532. The van der Waals surface area contributed by atoms with Crippen LogP contribution in [0.5, 0.6) is 0 Å². The molecule has 0 amide bonds. The maximum absolute atomic E-state index is 12.7. The molecular formula is C8H11ClF2OS. The first kappa shape index (κ1) is 11.2. The van der Waals surface area contributed by atoms with E-state index in [1.54, 1.807) is 6.92 Å². The molecule has 1 nitrogen and oxygen atoms in total. The van der Waals surface area contributed by atoms with Crippen LogP contribution >= 0.6 is 23.4 Å². The van der Waals surface area contributed by atoms with Gasteiger partial charge in [0.25, 0.3) is 0 Å². The number of thioether (sulfide) groups is 1.